The Morgan fingerprint density at radius 3 is 1.31 bits per heavy atom. The van der Waals surface area contributed by atoms with Gasteiger partial charge in [0.15, 0.2) is 0 Å². The lowest BCUT2D eigenvalue weighted by atomic mass is 9.86. The van der Waals surface area contributed by atoms with Gasteiger partial charge in [0.1, 0.15) is 3.92 Å². The predicted octanol–water partition coefficient (Wildman–Crippen LogP) is 5.91. The molecule has 0 saturated heterocycles. The van der Waals surface area contributed by atoms with E-state index in [1.807, 2.05) is 0 Å². The monoisotopic (exact) mass is 668 g/mol. The minimum Gasteiger partial charge on any atom is -0.469 e. The first kappa shape index (κ1) is 33.6. The Labute approximate surface area is 198 Å². The van der Waals surface area contributed by atoms with Crippen LogP contribution in [-0.4, -0.2) is 71.8 Å². The van der Waals surface area contributed by atoms with Gasteiger partial charge in [-0.3, -0.25) is 9.59 Å². The van der Waals surface area contributed by atoms with Crippen molar-refractivity contribution in [2.75, 3.05) is 14.2 Å². The standard InChI is InChI=1S/C15H12F15IO4/c1-34-7(32)5(3-6(31)8(33)35-2)4-9(16,17)10(18,19)11(20,21)12(22,23)13(24,25)14(26,27)15(28,29)30/h5-6H,3-4H2,1-2H3. The zero-order valence-electron chi connectivity index (χ0n) is 16.7. The average Bonchev–Trinajstić information content (AvgIpc) is 2.69. The predicted molar refractivity (Wildman–Crippen MR) is 90.3 cm³/mol. The van der Waals surface area contributed by atoms with Gasteiger partial charge in [-0.2, -0.15) is 65.9 Å². The van der Waals surface area contributed by atoms with Crippen molar-refractivity contribution in [1.82, 2.24) is 0 Å². The third-order valence-corrected chi connectivity index (χ3v) is 5.40. The quantitative estimate of drug-likeness (QED) is 0.119. The number of hydrogen-bond acceptors (Lipinski definition) is 4. The minimum absolute atomic E-state index is 0.439. The maximum Gasteiger partial charge on any atom is 0.460 e. The van der Waals surface area contributed by atoms with Gasteiger partial charge in [0.25, 0.3) is 0 Å². The molecule has 0 aliphatic rings. The van der Waals surface area contributed by atoms with Crippen molar-refractivity contribution in [3.63, 3.8) is 0 Å². The van der Waals surface area contributed by atoms with Gasteiger partial charge in [0.2, 0.25) is 0 Å². The fraction of sp³-hybridized carbons (Fsp3) is 0.867. The zero-order valence-corrected chi connectivity index (χ0v) is 18.9. The number of carbonyl (C=O) groups excluding carboxylic acids is 2. The van der Waals surface area contributed by atoms with Gasteiger partial charge in [0.05, 0.1) is 20.1 Å². The molecule has 2 atom stereocenters. The first-order valence-electron chi connectivity index (χ1n) is 8.34. The highest BCUT2D eigenvalue weighted by Gasteiger charge is 2.93. The Kier molecular flexibility index (Phi) is 9.77. The van der Waals surface area contributed by atoms with E-state index in [-0.39, 0.29) is 0 Å². The van der Waals surface area contributed by atoms with E-state index in [9.17, 15) is 75.4 Å². The summed E-state index contributed by atoms with van der Waals surface area (Å²) in [5, 5.41) is 0. The molecule has 0 saturated carbocycles. The Morgan fingerprint density at radius 1 is 0.629 bits per heavy atom. The number of carbonyl (C=O) groups is 2. The van der Waals surface area contributed by atoms with Gasteiger partial charge in [0, 0.05) is 6.42 Å². The van der Waals surface area contributed by atoms with Crippen molar-refractivity contribution in [2.24, 2.45) is 5.92 Å². The second-order valence-corrected chi connectivity index (χ2v) is 8.23. The number of ether oxygens (including phenoxy) is 2. The molecule has 0 aromatic heterocycles. The first-order chi connectivity index (χ1) is 15.2. The molecular weight excluding hydrogens is 656 g/mol. The van der Waals surface area contributed by atoms with E-state index in [2.05, 4.69) is 9.47 Å². The zero-order chi connectivity index (χ0) is 28.6. The maximum atomic E-state index is 14.1. The van der Waals surface area contributed by atoms with E-state index in [1.165, 1.54) is 0 Å². The molecule has 0 radical (unpaired) electrons. The second kappa shape index (κ2) is 10.2. The molecule has 208 valence electrons. The van der Waals surface area contributed by atoms with Crippen LogP contribution in [-0.2, 0) is 19.1 Å². The van der Waals surface area contributed by atoms with Crippen LogP contribution in [0.15, 0.2) is 0 Å². The van der Waals surface area contributed by atoms with E-state index in [4.69, 9.17) is 0 Å². The van der Waals surface area contributed by atoms with E-state index < -0.39 is 76.3 Å². The fourth-order valence-corrected chi connectivity index (χ4v) is 3.21. The van der Waals surface area contributed by atoms with Crippen LogP contribution in [0.2, 0.25) is 0 Å². The Morgan fingerprint density at radius 2 is 0.971 bits per heavy atom. The highest BCUT2D eigenvalue weighted by Crippen LogP contribution is 2.63. The van der Waals surface area contributed by atoms with E-state index in [0.717, 1.165) is 29.7 Å². The molecule has 0 aromatic rings. The summed E-state index contributed by atoms with van der Waals surface area (Å²) in [6, 6.07) is 0. The number of esters is 2. The average molecular weight is 668 g/mol. The molecule has 0 spiro atoms. The topological polar surface area (TPSA) is 52.6 Å². The van der Waals surface area contributed by atoms with Crippen LogP contribution in [0.5, 0.6) is 0 Å². The summed E-state index contributed by atoms with van der Waals surface area (Å²) in [6.07, 6.45) is -11.9. The number of methoxy groups -OCH3 is 2. The van der Waals surface area contributed by atoms with Gasteiger partial charge in [-0.25, -0.2) is 0 Å². The minimum atomic E-state index is -8.43. The molecule has 4 nitrogen and oxygen atoms in total. The number of rotatable bonds is 11. The van der Waals surface area contributed by atoms with Crippen LogP contribution in [0.4, 0.5) is 65.9 Å². The SMILES string of the molecule is COC(=O)C(I)CC(CC(F)(F)C(F)(F)C(F)(F)C(F)(F)C(F)(F)C(F)(F)C(F)(F)F)C(=O)OC. The van der Waals surface area contributed by atoms with E-state index >= 15 is 0 Å². The van der Waals surface area contributed by atoms with Gasteiger partial charge >= 0.3 is 53.7 Å². The molecular formula is C15H12F15IO4. The summed E-state index contributed by atoms with van der Waals surface area (Å²) in [5.41, 5.74) is 0. The van der Waals surface area contributed by atoms with Gasteiger partial charge in [-0.05, 0) is 6.42 Å². The summed E-state index contributed by atoms with van der Waals surface area (Å²) in [6.45, 7) is 0. The van der Waals surface area contributed by atoms with Gasteiger partial charge in [-0.1, -0.05) is 22.6 Å². The van der Waals surface area contributed by atoms with Crippen molar-refractivity contribution in [1.29, 1.82) is 0 Å². The van der Waals surface area contributed by atoms with Crippen LogP contribution in [0.3, 0.4) is 0 Å². The van der Waals surface area contributed by atoms with E-state index in [1.54, 1.807) is 0 Å². The third-order valence-electron chi connectivity index (χ3n) is 4.38. The van der Waals surface area contributed by atoms with Crippen molar-refractivity contribution < 1.29 is 84.9 Å². The molecule has 0 aromatic carbocycles. The molecule has 2 unspecified atom stereocenters. The summed E-state index contributed by atoms with van der Waals surface area (Å²) < 4.78 is 205. The van der Waals surface area contributed by atoms with Gasteiger partial charge < -0.3 is 9.47 Å². The Hall–Kier alpha value is -1.38. The molecule has 0 bridgehead atoms. The second-order valence-electron chi connectivity index (χ2n) is 6.72. The lowest BCUT2D eigenvalue weighted by molar-refractivity contribution is -0.452. The summed E-state index contributed by atoms with van der Waals surface area (Å²) in [5.74, 6) is -53.4. The van der Waals surface area contributed by atoms with Crippen molar-refractivity contribution >= 4 is 34.5 Å². The van der Waals surface area contributed by atoms with Crippen LogP contribution >= 0.6 is 22.6 Å². The molecule has 0 fully saturated rings. The Bertz CT molecular complexity index is 781. The highest BCUT2D eigenvalue weighted by atomic mass is 127. The summed E-state index contributed by atoms with van der Waals surface area (Å²) in [7, 11) is 1.16. The van der Waals surface area contributed by atoms with Crippen LogP contribution in [0.1, 0.15) is 12.8 Å². The summed E-state index contributed by atoms with van der Waals surface area (Å²) in [4.78, 5) is 22.9. The number of halogens is 16. The van der Waals surface area contributed by atoms with Gasteiger partial charge in [-0.15, -0.1) is 0 Å². The van der Waals surface area contributed by atoms with Crippen molar-refractivity contribution in [3.8, 4) is 0 Å². The van der Waals surface area contributed by atoms with Crippen LogP contribution in [0.25, 0.3) is 0 Å². The molecule has 0 aliphatic heterocycles. The molecule has 0 rings (SSSR count). The molecule has 0 N–H and O–H groups in total. The maximum absolute atomic E-state index is 14.1. The van der Waals surface area contributed by atoms with Crippen molar-refractivity contribution in [3.05, 3.63) is 0 Å². The molecule has 0 amide bonds. The third kappa shape index (κ3) is 5.64. The number of alkyl halides is 16. The fourth-order valence-electron chi connectivity index (χ4n) is 2.34. The van der Waals surface area contributed by atoms with Crippen molar-refractivity contribution in [2.45, 2.75) is 58.5 Å². The van der Waals surface area contributed by atoms with Crippen LogP contribution in [0, 0.1) is 5.92 Å². The lowest BCUT2D eigenvalue weighted by Crippen LogP contribution is -2.72. The van der Waals surface area contributed by atoms with E-state index in [0.29, 0.717) is 7.11 Å². The molecule has 0 heterocycles. The normalized spacial score (nSPS) is 16.5. The molecule has 20 heteroatoms. The highest BCUT2D eigenvalue weighted by molar-refractivity contribution is 14.1. The smallest absolute Gasteiger partial charge is 0.460 e. The Balaban J connectivity index is 6.51. The molecule has 0 aliphatic carbocycles. The largest absolute Gasteiger partial charge is 0.469 e. The first-order valence-corrected chi connectivity index (χ1v) is 9.59. The summed E-state index contributed by atoms with van der Waals surface area (Å²) >= 11 is 1.09. The number of hydrogen-bond donors (Lipinski definition) is 0. The molecule has 35 heavy (non-hydrogen) atoms. The lowest BCUT2D eigenvalue weighted by Gasteiger charge is -2.41. The van der Waals surface area contributed by atoms with Crippen LogP contribution < -0.4 is 0 Å².